The van der Waals surface area contributed by atoms with Crippen molar-refractivity contribution in [2.75, 3.05) is 16.8 Å². The quantitative estimate of drug-likeness (QED) is 0.541. The number of rotatable bonds is 8. The molecule has 0 aliphatic rings. The van der Waals surface area contributed by atoms with Crippen LogP contribution in [0, 0.1) is 0 Å². The molecule has 5 heteroatoms. The van der Waals surface area contributed by atoms with Gasteiger partial charge in [-0.15, -0.1) is 0 Å². The molecule has 160 valence electrons. The Morgan fingerprint density at radius 2 is 1.55 bits per heavy atom. The molecule has 3 aromatic rings. The Hall–Kier alpha value is -3.60. The van der Waals surface area contributed by atoms with E-state index in [1.165, 1.54) is 5.56 Å². The molecule has 0 spiro atoms. The van der Waals surface area contributed by atoms with Crippen LogP contribution in [-0.4, -0.2) is 24.5 Å². The molecule has 0 radical (unpaired) electrons. The highest BCUT2D eigenvalue weighted by molar-refractivity contribution is 6.06. The third-order valence-corrected chi connectivity index (χ3v) is 5.04. The maximum Gasteiger partial charge on any atom is 0.265 e. The first kappa shape index (κ1) is 22.1. The molecular formula is C26H28N2O3. The normalized spacial score (nSPS) is 11.5. The molecule has 0 aliphatic heterocycles. The Kier molecular flexibility index (Phi) is 7.44. The number of nitrogens with one attached hydrogen (secondary N) is 1. The number of aryl methyl sites for hydroxylation is 1. The van der Waals surface area contributed by atoms with Crippen LogP contribution < -0.4 is 15.0 Å². The Morgan fingerprint density at radius 3 is 2.13 bits per heavy atom. The Morgan fingerprint density at radius 1 is 0.903 bits per heavy atom. The molecule has 0 aromatic heterocycles. The number of anilines is 2. The van der Waals surface area contributed by atoms with Crippen molar-refractivity contribution in [3.05, 3.63) is 90.0 Å². The first-order valence-corrected chi connectivity index (χ1v) is 10.5. The number of benzene rings is 3. The smallest absolute Gasteiger partial charge is 0.265 e. The van der Waals surface area contributed by atoms with E-state index in [-0.39, 0.29) is 11.8 Å². The summed E-state index contributed by atoms with van der Waals surface area (Å²) in [5.41, 5.74) is 3.24. The third kappa shape index (κ3) is 5.72. The second-order valence-corrected chi connectivity index (χ2v) is 7.21. The van der Waals surface area contributed by atoms with Crippen molar-refractivity contribution in [1.82, 2.24) is 0 Å². The summed E-state index contributed by atoms with van der Waals surface area (Å²) in [4.78, 5) is 27.1. The number of ether oxygens (including phenoxy) is 1. The van der Waals surface area contributed by atoms with E-state index in [0.29, 0.717) is 23.5 Å². The van der Waals surface area contributed by atoms with Gasteiger partial charge < -0.3 is 15.0 Å². The van der Waals surface area contributed by atoms with E-state index in [1.54, 1.807) is 36.1 Å². The van der Waals surface area contributed by atoms with Crippen LogP contribution in [0.15, 0.2) is 78.9 Å². The van der Waals surface area contributed by atoms with Gasteiger partial charge in [0.05, 0.1) is 0 Å². The number of carbonyl (C=O) groups excluding carboxylic acids is 2. The van der Waals surface area contributed by atoms with Crippen LogP contribution in [0.25, 0.3) is 0 Å². The number of para-hydroxylation sites is 1. The minimum absolute atomic E-state index is 0.0844. The van der Waals surface area contributed by atoms with Crippen molar-refractivity contribution < 1.29 is 14.3 Å². The van der Waals surface area contributed by atoms with E-state index in [1.807, 2.05) is 61.5 Å². The van der Waals surface area contributed by atoms with Crippen LogP contribution in [-0.2, 0) is 11.2 Å². The summed E-state index contributed by atoms with van der Waals surface area (Å²) < 4.78 is 5.73. The Bertz CT molecular complexity index is 999. The van der Waals surface area contributed by atoms with Gasteiger partial charge in [-0.1, -0.05) is 37.3 Å². The lowest BCUT2D eigenvalue weighted by Crippen LogP contribution is -2.31. The lowest BCUT2D eigenvalue weighted by atomic mass is 10.1. The van der Waals surface area contributed by atoms with Crippen LogP contribution in [0.3, 0.4) is 0 Å². The molecule has 1 N–H and O–H groups in total. The first-order chi connectivity index (χ1) is 15.0. The average Bonchev–Trinajstić information content (AvgIpc) is 2.81. The lowest BCUT2D eigenvalue weighted by Gasteiger charge is -2.21. The zero-order valence-electron chi connectivity index (χ0n) is 18.2. The number of amides is 2. The van der Waals surface area contributed by atoms with E-state index < -0.39 is 6.10 Å². The highest BCUT2D eigenvalue weighted by Gasteiger charge is 2.17. The van der Waals surface area contributed by atoms with Crippen molar-refractivity contribution in [1.29, 1.82) is 0 Å². The predicted octanol–water partition coefficient (Wildman–Crippen LogP) is 5.32. The van der Waals surface area contributed by atoms with Crippen molar-refractivity contribution in [2.45, 2.75) is 33.3 Å². The minimum Gasteiger partial charge on any atom is -0.481 e. The third-order valence-electron chi connectivity index (χ3n) is 5.04. The van der Waals surface area contributed by atoms with Crippen molar-refractivity contribution in [3.8, 4) is 5.75 Å². The van der Waals surface area contributed by atoms with Crippen LogP contribution in [0.2, 0.25) is 0 Å². The van der Waals surface area contributed by atoms with E-state index >= 15 is 0 Å². The fourth-order valence-corrected chi connectivity index (χ4v) is 3.21. The lowest BCUT2D eigenvalue weighted by molar-refractivity contribution is -0.122. The van der Waals surface area contributed by atoms with Crippen LogP contribution in [0.5, 0.6) is 5.75 Å². The van der Waals surface area contributed by atoms with Crippen LogP contribution in [0.4, 0.5) is 11.4 Å². The van der Waals surface area contributed by atoms with Gasteiger partial charge in [-0.05, 0) is 74.4 Å². The van der Waals surface area contributed by atoms with Crippen molar-refractivity contribution >= 4 is 23.2 Å². The zero-order chi connectivity index (χ0) is 22.2. The SMILES string of the molecule is CCc1ccc(OC(C)C(=O)Nc2ccc(C(=O)N(CC)c3ccccc3)cc2)cc1. The molecule has 1 unspecified atom stereocenters. The summed E-state index contributed by atoms with van der Waals surface area (Å²) in [5.74, 6) is 0.318. The monoisotopic (exact) mass is 416 g/mol. The van der Waals surface area contributed by atoms with Gasteiger partial charge in [0, 0.05) is 23.5 Å². The van der Waals surface area contributed by atoms with E-state index in [2.05, 4.69) is 12.2 Å². The second-order valence-electron chi connectivity index (χ2n) is 7.21. The molecule has 0 saturated heterocycles. The van der Waals surface area contributed by atoms with Crippen molar-refractivity contribution in [3.63, 3.8) is 0 Å². The molecule has 31 heavy (non-hydrogen) atoms. The predicted molar refractivity (Wildman–Crippen MR) is 125 cm³/mol. The average molecular weight is 417 g/mol. The van der Waals surface area contributed by atoms with E-state index in [9.17, 15) is 9.59 Å². The molecule has 0 heterocycles. The Labute approximate surface area is 183 Å². The van der Waals surface area contributed by atoms with Gasteiger partial charge in [-0.25, -0.2) is 0 Å². The van der Waals surface area contributed by atoms with Gasteiger partial charge in [-0.3, -0.25) is 9.59 Å². The highest BCUT2D eigenvalue weighted by Crippen LogP contribution is 2.19. The number of hydrogen-bond donors (Lipinski definition) is 1. The molecule has 0 bridgehead atoms. The second kappa shape index (κ2) is 10.4. The summed E-state index contributed by atoms with van der Waals surface area (Å²) in [6.07, 6.45) is 0.304. The molecule has 0 fully saturated rings. The number of carbonyl (C=O) groups is 2. The van der Waals surface area contributed by atoms with Crippen molar-refractivity contribution in [2.24, 2.45) is 0 Å². The van der Waals surface area contributed by atoms with Gasteiger partial charge in [-0.2, -0.15) is 0 Å². The minimum atomic E-state index is -0.651. The standard InChI is InChI=1S/C26H28N2O3/c1-4-20-11-17-24(18-12-20)31-19(3)25(29)27-22-15-13-21(14-16-22)26(30)28(5-2)23-9-7-6-8-10-23/h6-19H,4-5H2,1-3H3,(H,27,29). The zero-order valence-corrected chi connectivity index (χ0v) is 18.2. The molecule has 3 aromatic carbocycles. The molecule has 5 nitrogen and oxygen atoms in total. The molecular weight excluding hydrogens is 388 g/mol. The van der Waals surface area contributed by atoms with E-state index in [0.717, 1.165) is 12.1 Å². The summed E-state index contributed by atoms with van der Waals surface area (Å²) in [6.45, 7) is 6.30. The maximum atomic E-state index is 12.9. The first-order valence-electron chi connectivity index (χ1n) is 10.5. The van der Waals surface area contributed by atoms with E-state index in [4.69, 9.17) is 4.74 Å². The molecule has 0 aliphatic carbocycles. The Balaban J connectivity index is 1.61. The molecule has 3 rings (SSSR count). The van der Waals surface area contributed by atoms with Gasteiger partial charge in [0.25, 0.3) is 11.8 Å². The fraction of sp³-hybridized carbons (Fsp3) is 0.231. The largest absolute Gasteiger partial charge is 0.481 e. The maximum absolute atomic E-state index is 12.9. The summed E-state index contributed by atoms with van der Waals surface area (Å²) in [5, 5.41) is 2.84. The molecule has 2 amide bonds. The van der Waals surface area contributed by atoms with Crippen LogP contribution >= 0.6 is 0 Å². The number of hydrogen-bond acceptors (Lipinski definition) is 3. The van der Waals surface area contributed by atoms with Gasteiger partial charge >= 0.3 is 0 Å². The topological polar surface area (TPSA) is 58.6 Å². The highest BCUT2D eigenvalue weighted by atomic mass is 16.5. The molecule has 0 saturated carbocycles. The van der Waals surface area contributed by atoms with Gasteiger partial charge in [0.2, 0.25) is 0 Å². The van der Waals surface area contributed by atoms with Crippen LogP contribution in [0.1, 0.15) is 36.7 Å². The fourth-order valence-electron chi connectivity index (χ4n) is 3.21. The summed E-state index contributed by atoms with van der Waals surface area (Å²) >= 11 is 0. The number of nitrogens with zero attached hydrogens (tertiary/aromatic N) is 1. The van der Waals surface area contributed by atoms with Gasteiger partial charge in [0.15, 0.2) is 6.10 Å². The molecule has 1 atom stereocenters. The van der Waals surface area contributed by atoms with Gasteiger partial charge in [0.1, 0.15) is 5.75 Å². The summed E-state index contributed by atoms with van der Waals surface area (Å²) in [6, 6.07) is 24.2. The summed E-state index contributed by atoms with van der Waals surface area (Å²) in [7, 11) is 0.